The van der Waals surface area contributed by atoms with Crippen LogP contribution < -0.4 is 20.5 Å². The number of anilines is 2. The number of rotatable bonds is 14. The van der Waals surface area contributed by atoms with Gasteiger partial charge in [-0.1, -0.05) is 58.4 Å². The Labute approximate surface area is 180 Å². The molecule has 1 heterocycles. The van der Waals surface area contributed by atoms with E-state index in [4.69, 9.17) is 15.2 Å². The highest BCUT2D eigenvalue weighted by molar-refractivity contribution is 6.04. The molecule has 1 amide bonds. The summed E-state index contributed by atoms with van der Waals surface area (Å²) in [5.41, 5.74) is 7.58. The summed E-state index contributed by atoms with van der Waals surface area (Å²) < 4.78 is 11.8. The van der Waals surface area contributed by atoms with Crippen LogP contribution in [0.4, 0.5) is 11.4 Å². The van der Waals surface area contributed by atoms with Crippen LogP contribution in [-0.2, 0) is 0 Å². The van der Waals surface area contributed by atoms with Crippen molar-refractivity contribution >= 4 is 17.3 Å². The van der Waals surface area contributed by atoms with Crippen molar-refractivity contribution in [2.75, 3.05) is 24.3 Å². The Morgan fingerprint density at radius 1 is 0.933 bits per heavy atom. The monoisotopic (exact) mass is 413 g/mol. The molecule has 2 rings (SSSR count). The smallest absolute Gasteiger partial charge is 0.274 e. The first-order valence-corrected chi connectivity index (χ1v) is 11.1. The third kappa shape index (κ3) is 7.93. The molecule has 0 atom stereocenters. The summed E-state index contributed by atoms with van der Waals surface area (Å²) in [4.78, 5) is 16.7. The molecule has 0 spiro atoms. The van der Waals surface area contributed by atoms with Crippen molar-refractivity contribution in [3.8, 4) is 11.5 Å². The number of hydrogen-bond donors (Lipinski definition) is 2. The minimum absolute atomic E-state index is 0.301. The van der Waals surface area contributed by atoms with Crippen molar-refractivity contribution in [2.24, 2.45) is 0 Å². The van der Waals surface area contributed by atoms with Crippen LogP contribution in [0.3, 0.4) is 0 Å². The number of pyridine rings is 1. The number of carbonyl (C=O) groups is 1. The van der Waals surface area contributed by atoms with Crippen molar-refractivity contribution in [3.05, 3.63) is 42.2 Å². The largest absolute Gasteiger partial charge is 0.491 e. The predicted molar refractivity (Wildman–Crippen MR) is 122 cm³/mol. The number of nitrogens with two attached hydrogens (primary N) is 1. The average Bonchev–Trinajstić information content (AvgIpc) is 2.76. The second-order valence-corrected chi connectivity index (χ2v) is 7.37. The van der Waals surface area contributed by atoms with Gasteiger partial charge < -0.3 is 20.5 Å². The number of unbranched alkanes of at least 4 members (excludes halogenated alkanes) is 6. The third-order valence-electron chi connectivity index (χ3n) is 4.77. The minimum Gasteiger partial charge on any atom is -0.491 e. The van der Waals surface area contributed by atoms with Gasteiger partial charge in [0.15, 0.2) is 0 Å². The fourth-order valence-electron chi connectivity index (χ4n) is 3.02. The molecule has 0 radical (unpaired) electrons. The lowest BCUT2D eigenvalue weighted by molar-refractivity contribution is 0.102. The highest BCUT2D eigenvalue weighted by Crippen LogP contribution is 2.35. The molecule has 0 saturated heterocycles. The number of nitrogen functional groups attached to an aromatic ring is 1. The number of nitrogens with one attached hydrogen (secondary N) is 1. The molecule has 6 heteroatoms. The molecule has 1 aromatic heterocycles. The van der Waals surface area contributed by atoms with E-state index >= 15 is 0 Å². The van der Waals surface area contributed by atoms with Crippen molar-refractivity contribution in [1.82, 2.24) is 4.98 Å². The number of aromatic nitrogens is 1. The molecule has 0 unspecified atom stereocenters. The normalized spacial score (nSPS) is 10.6. The van der Waals surface area contributed by atoms with Crippen molar-refractivity contribution in [1.29, 1.82) is 0 Å². The third-order valence-corrected chi connectivity index (χ3v) is 4.77. The van der Waals surface area contributed by atoms with Gasteiger partial charge in [-0.25, -0.2) is 0 Å². The summed E-state index contributed by atoms with van der Waals surface area (Å²) in [5.74, 6) is 0.804. The van der Waals surface area contributed by atoms with Gasteiger partial charge in [-0.05, 0) is 25.0 Å². The van der Waals surface area contributed by atoms with E-state index in [-0.39, 0.29) is 5.91 Å². The minimum atomic E-state index is -0.301. The van der Waals surface area contributed by atoms with Crippen LogP contribution in [0.1, 0.15) is 75.7 Å². The molecular weight excluding hydrogens is 378 g/mol. The van der Waals surface area contributed by atoms with E-state index in [0.29, 0.717) is 41.8 Å². The first kappa shape index (κ1) is 23.5. The molecule has 30 heavy (non-hydrogen) atoms. The molecule has 0 saturated carbocycles. The van der Waals surface area contributed by atoms with Crippen LogP contribution in [0.15, 0.2) is 36.5 Å². The summed E-state index contributed by atoms with van der Waals surface area (Å²) in [6, 6.07) is 8.70. The number of nitrogens with zero attached hydrogens (tertiary/aromatic N) is 1. The summed E-state index contributed by atoms with van der Waals surface area (Å²) in [7, 11) is 0. The zero-order valence-electron chi connectivity index (χ0n) is 18.3. The molecular formula is C24H35N3O3. The molecule has 0 bridgehead atoms. The van der Waals surface area contributed by atoms with Gasteiger partial charge in [-0.15, -0.1) is 0 Å². The van der Waals surface area contributed by atoms with Crippen molar-refractivity contribution in [2.45, 2.75) is 65.2 Å². The second-order valence-electron chi connectivity index (χ2n) is 7.37. The Bertz CT molecular complexity index is 766. The molecule has 2 aromatic rings. The van der Waals surface area contributed by atoms with Crippen molar-refractivity contribution in [3.63, 3.8) is 0 Å². The van der Waals surface area contributed by atoms with Gasteiger partial charge >= 0.3 is 0 Å². The number of ether oxygens (including phenoxy) is 2. The number of hydrogen-bond acceptors (Lipinski definition) is 5. The summed E-state index contributed by atoms with van der Waals surface area (Å²) in [5, 5.41) is 2.90. The van der Waals surface area contributed by atoms with E-state index in [1.54, 1.807) is 36.5 Å². The standard InChI is InChI=1S/C24H35N3O3/c1-3-5-7-11-15-29-22-18-21(27-24(28)20-13-9-10-14-26-20)23(17-19(22)25)30-16-12-8-6-4-2/h9-10,13-14,17-18H,3-8,11-12,15-16,25H2,1-2H3,(H,27,28). The Hall–Kier alpha value is -2.76. The van der Waals surface area contributed by atoms with Gasteiger partial charge in [0.1, 0.15) is 17.2 Å². The zero-order chi connectivity index (χ0) is 21.6. The van der Waals surface area contributed by atoms with Gasteiger partial charge in [0.05, 0.1) is 24.6 Å². The molecule has 0 aliphatic rings. The maximum absolute atomic E-state index is 12.6. The van der Waals surface area contributed by atoms with Gasteiger partial charge in [-0.2, -0.15) is 0 Å². The van der Waals surface area contributed by atoms with Crippen LogP contribution in [0.25, 0.3) is 0 Å². The highest BCUT2D eigenvalue weighted by Gasteiger charge is 2.15. The maximum Gasteiger partial charge on any atom is 0.274 e. The van der Waals surface area contributed by atoms with Gasteiger partial charge in [0.2, 0.25) is 0 Å². The Morgan fingerprint density at radius 3 is 2.20 bits per heavy atom. The Balaban J connectivity index is 2.11. The first-order chi connectivity index (χ1) is 14.7. The van der Waals surface area contributed by atoms with Crippen LogP contribution in [-0.4, -0.2) is 24.1 Å². The fourth-order valence-corrected chi connectivity index (χ4v) is 3.02. The van der Waals surface area contributed by atoms with Crippen LogP contribution in [0, 0.1) is 0 Å². The van der Waals surface area contributed by atoms with E-state index in [1.165, 1.54) is 25.7 Å². The van der Waals surface area contributed by atoms with E-state index in [9.17, 15) is 4.79 Å². The van der Waals surface area contributed by atoms with E-state index < -0.39 is 0 Å². The molecule has 0 aliphatic carbocycles. The Morgan fingerprint density at radius 2 is 1.60 bits per heavy atom. The zero-order valence-corrected chi connectivity index (χ0v) is 18.3. The van der Waals surface area contributed by atoms with E-state index in [2.05, 4.69) is 24.1 Å². The lowest BCUT2D eigenvalue weighted by Gasteiger charge is -2.16. The predicted octanol–water partition coefficient (Wildman–Crippen LogP) is 5.83. The van der Waals surface area contributed by atoms with E-state index in [0.717, 1.165) is 25.7 Å². The van der Waals surface area contributed by atoms with Gasteiger partial charge in [0.25, 0.3) is 5.91 Å². The number of amides is 1. The Kier molecular flexibility index (Phi) is 10.6. The second kappa shape index (κ2) is 13.5. The topological polar surface area (TPSA) is 86.5 Å². The lowest BCUT2D eigenvalue weighted by Crippen LogP contribution is -2.15. The molecule has 6 nitrogen and oxygen atoms in total. The van der Waals surface area contributed by atoms with Crippen LogP contribution in [0.5, 0.6) is 11.5 Å². The van der Waals surface area contributed by atoms with Crippen LogP contribution >= 0.6 is 0 Å². The van der Waals surface area contributed by atoms with E-state index in [1.807, 2.05) is 0 Å². The van der Waals surface area contributed by atoms with Crippen molar-refractivity contribution < 1.29 is 14.3 Å². The maximum atomic E-state index is 12.6. The number of benzene rings is 1. The summed E-state index contributed by atoms with van der Waals surface area (Å²) >= 11 is 0. The lowest BCUT2D eigenvalue weighted by atomic mass is 10.2. The quantitative estimate of drug-likeness (QED) is 0.300. The molecule has 0 fully saturated rings. The molecule has 164 valence electrons. The van der Waals surface area contributed by atoms with Gasteiger partial charge in [0, 0.05) is 18.3 Å². The SMILES string of the molecule is CCCCCCOc1cc(NC(=O)c2ccccn2)c(OCCCCCC)cc1N. The summed E-state index contributed by atoms with van der Waals surface area (Å²) in [6.07, 6.45) is 10.5. The van der Waals surface area contributed by atoms with Crippen LogP contribution in [0.2, 0.25) is 0 Å². The fraction of sp³-hybridized carbons (Fsp3) is 0.500. The first-order valence-electron chi connectivity index (χ1n) is 11.1. The molecule has 3 N–H and O–H groups in total. The highest BCUT2D eigenvalue weighted by atomic mass is 16.5. The summed E-state index contributed by atoms with van der Waals surface area (Å²) in [6.45, 7) is 5.52. The number of carbonyl (C=O) groups excluding carboxylic acids is 1. The molecule has 1 aromatic carbocycles. The molecule has 0 aliphatic heterocycles. The average molecular weight is 414 g/mol. The van der Waals surface area contributed by atoms with Gasteiger partial charge in [-0.3, -0.25) is 9.78 Å².